The summed E-state index contributed by atoms with van der Waals surface area (Å²) in [5.74, 6) is 2.44. The highest BCUT2D eigenvalue weighted by Gasteiger charge is 2.63. The van der Waals surface area contributed by atoms with E-state index in [0.717, 1.165) is 50.4 Å². The van der Waals surface area contributed by atoms with Crippen molar-refractivity contribution in [3.63, 3.8) is 0 Å². The van der Waals surface area contributed by atoms with Gasteiger partial charge in [0.2, 0.25) is 5.91 Å². The largest absolute Gasteiger partial charge is 0.496 e. The Morgan fingerprint density at radius 1 is 0.980 bits per heavy atom. The van der Waals surface area contributed by atoms with E-state index in [1.807, 2.05) is 75.1 Å². The predicted octanol–water partition coefficient (Wildman–Crippen LogP) is 6.52. The predicted molar refractivity (Wildman–Crippen MR) is 185 cm³/mol. The first-order valence-corrected chi connectivity index (χ1v) is 17.0. The number of methoxy groups -OCH3 is 4. The van der Waals surface area contributed by atoms with Gasteiger partial charge in [-0.2, -0.15) is 0 Å². The fraction of sp³-hybridized carbons (Fsp3) is 0.487. The lowest BCUT2D eigenvalue weighted by Gasteiger charge is -2.61. The van der Waals surface area contributed by atoms with Gasteiger partial charge in [0.05, 0.1) is 65.9 Å². The second-order valence-corrected chi connectivity index (χ2v) is 13.5. The summed E-state index contributed by atoms with van der Waals surface area (Å²) in [4.78, 5) is 33.1. The number of amides is 2. The first-order chi connectivity index (χ1) is 23.5. The van der Waals surface area contributed by atoms with Crippen molar-refractivity contribution in [1.29, 1.82) is 0 Å². The molecule has 0 aliphatic carbocycles. The van der Waals surface area contributed by atoms with Crippen molar-refractivity contribution in [2.45, 2.75) is 90.3 Å². The molecule has 0 saturated carbocycles. The van der Waals surface area contributed by atoms with Gasteiger partial charge in [-0.15, -0.1) is 0 Å². The average molecular weight is 673 g/mol. The van der Waals surface area contributed by atoms with Crippen LogP contribution in [0.4, 0.5) is 4.79 Å². The van der Waals surface area contributed by atoms with Crippen molar-refractivity contribution in [1.82, 2.24) is 9.80 Å². The first-order valence-electron chi connectivity index (χ1n) is 17.0. The highest BCUT2D eigenvalue weighted by atomic mass is 16.6. The van der Waals surface area contributed by atoms with Gasteiger partial charge in [-0.25, -0.2) is 4.79 Å². The molecule has 0 radical (unpaired) electrons. The Morgan fingerprint density at radius 3 is 2.27 bits per heavy atom. The quantitative estimate of drug-likeness (QED) is 0.240. The van der Waals surface area contributed by atoms with E-state index in [4.69, 9.17) is 28.4 Å². The van der Waals surface area contributed by atoms with Crippen molar-refractivity contribution >= 4 is 12.0 Å². The molecular formula is C39H48N2O8. The van der Waals surface area contributed by atoms with Gasteiger partial charge >= 0.3 is 6.09 Å². The number of carbonyl (C=O) groups excluding carboxylic acids is 2. The van der Waals surface area contributed by atoms with Crippen LogP contribution < -0.4 is 18.9 Å². The lowest BCUT2D eigenvalue weighted by molar-refractivity contribution is -0.170. The molecule has 10 nitrogen and oxygen atoms in total. The topological polar surface area (TPSA) is 96.0 Å². The summed E-state index contributed by atoms with van der Waals surface area (Å²) < 4.78 is 36.0. The van der Waals surface area contributed by atoms with Gasteiger partial charge in [0.1, 0.15) is 17.0 Å². The minimum Gasteiger partial charge on any atom is -0.496 e. The van der Waals surface area contributed by atoms with E-state index >= 15 is 4.79 Å². The number of piperazine rings is 1. The summed E-state index contributed by atoms with van der Waals surface area (Å²) in [6.07, 6.45) is 0.511. The third kappa shape index (κ3) is 5.54. The molecule has 49 heavy (non-hydrogen) atoms. The van der Waals surface area contributed by atoms with E-state index in [1.54, 1.807) is 33.3 Å². The lowest BCUT2D eigenvalue weighted by atomic mass is 9.69. The maximum atomic E-state index is 15.3. The molecule has 2 bridgehead atoms. The smallest absolute Gasteiger partial charge is 0.411 e. The SMILES string of the molecule is CCc1c(OC)c(C)c(OC)c2c1[C@H](COCc1ccccc1)N1C(=O)[C@]3(C)Cc4cc(OC)c(OC)cc4[C@H]([C@@H]1C2)N3C(=O)OC(C)C. The Balaban J connectivity index is 1.60. The zero-order valence-electron chi connectivity index (χ0n) is 30.0. The first kappa shape index (κ1) is 34.4. The number of nitrogens with zero attached hydrogens (tertiary/aromatic N) is 2. The molecule has 3 heterocycles. The highest BCUT2D eigenvalue weighted by Crippen LogP contribution is 2.56. The number of hydrogen-bond donors (Lipinski definition) is 0. The van der Waals surface area contributed by atoms with E-state index < -0.39 is 29.8 Å². The van der Waals surface area contributed by atoms with Crippen LogP contribution in [0.1, 0.15) is 78.7 Å². The maximum Gasteiger partial charge on any atom is 0.411 e. The fourth-order valence-corrected chi connectivity index (χ4v) is 8.43. The van der Waals surface area contributed by atoms with Crippen LogP contribution in [0.15, 0.2) is 42.5 Å². The summed E-state index contributed by atoms with van der Waals surface area (Å²) in [6.45, 7) is 10.2. The van der Waals surface area contributed by atoms with E-state index in [-0.39, 0.29) is 25.0 Å². The zero-order valence-corrected chi connectivity index (χ0v) is 30.0. The molecule has 0 spiro atoms. The summed E-state index contributed by atoms with van der Waals surface area (Å²) >= 11 is 0. The highest BCUT2D eigenvalue weighted by molar-refractivity contribution is 5.94. The van der Waals surface area contributed by atoms with Crippen LogP contribution in [0.25, 0.3) is 0 Å². The second-order valence-electron chi connectivity index (χ2n) is 13.5. The molecule has 3 aromatic rings. The Kier molecular flexibility index (Phi) is 9.46. The molecule has 2 amide bonds. The molecule has 4 atom stereocenters. The van der Waals surface area contributed by atoms with Gasteiger partial charge < -0.3 is 33.3 Å². The second kappa shape index (κ2) is 13.5. The van der Waals surface area contributed by atoms with E-state index in [1.165, 1.54) is 0 Å². The molecule has 0 aromatic heterocycles. The van der Waals surface area contributed by atoms with Crippen molar-refractivity contribution < 1.29 is 38.0 Å². The molecule has 0 N–H and O–H groups in total. The van der Waals surface area contributed by atoms with Gasteiger partial charge in [0, 0.05) is 23.1 Å². The number of hydrogen-bond acceptors (Lipinski definition) is 8. The number of benzene rings is 3. The maximum absolute atomic E-state index is 15.3. The molecule has 3 aliphatic rings. The average Bonchev–Trinajstić information content (AvgIpc) is 3.08. The van der Waals surface area contributed by atoms with E-state index in [9.17, 15) is 4.79 Å². The molecular weight excluding hydrogens is 624 g/mol. The Morgan fingerprint density at radius 2 is 1.65 bits per heavy atom. The standard InChI is InChI=1S/C39H48N2O8/c1-10-26-33-28(36(47-9)23(4)35(26)46-8)17-29-34-27-18-32(45-7)31(44-6)16-25(27)19-39(5,41(34)38(43)49-22(2)3)37(42)40(29)30(33)21-48-20-24-14-12-11-13-15-24/h11-16,18,22,29-30,34H,10,17,19-21H2,1-9H3/t29-,30-,34+,39-/m0/s1. The normalized spacial score (nSPS) is 22.2. The van der Waals surface area contributed by atoms with Gasteiger partial charge in [-0.3, -0.25) is 9.69 Å². The molecule has 1 fully saturated rings. The van der Waals surface area contributed by atoms with Gasteiger partial charge in [-0.05, 0) is 74.9 Å². The molecule has 262 valence electrons. The lowest BCUT2D eigenvalue weighted by Crippen LogP contribution is -2.74. The van der Waals surface area contributed by atoms with Crippen LogP contribution in [0.3, 0.4) is 0 Å². The van der Waals surface area contributed by atoms with Crippen LogP contribution >= 0.6 is 0 Å². The molecule has 0 unspecified atom stereocenters. The molecule has 6 rings (SSSR count). The summed E-state index contributed by atoms with van der Waals surface area (Å²) in [7, 11) is 6.54. The minimum atomic E-state index is -1.25. The van der Waals surface area contributed by atoms with Crippen LogP contribution in [0.2, 0.25) is 0 Å². The molecule has 3 aliphatic heterocycles. The van der Waals surface area contributed by atoms with Crippen molar-refractivity contribution in [2.75, 3.05) is 35.0 Å². The third-order valence-electron chi connectivity index (χ3n) is 10.4. The monoisotopic (exact) mass is 672 g/mol. The summed E-state index contributed by atoms with van der Waals surface area (Å²) in [6, 6.07) is 12.4. The number of fused-ring (bicyclic) bond motifs is 7. The Labute approximate surface area is 289 Å². The number of carbonyl (C=O) groups is 2. The van der Waals surface area contributed by atoms with Crippen LogP contribution in [-0.4, -0.2) is 74.5 Å². The van der Waals surface area contributed by atoms with Crippen LogP contribution in [0, 0.1) is 6.92 Å². The third-order valence-corrected chi connectivity index (χ3v) is 10.4. The summed E-state index contributed by atoms with van der Waals surface area (Å²) in [5, 5.41) is 0. The van der Waals surface area contributed by atoms with Gasteiger partial charge in [0.25, 0.3) is 0 Å². The molecule has 3 aromatic carbocycles. The Hall–Kier alpha value is -4.44. The van der Waals surface area contributed by atoms with E-state index in [0.29, 0.717) is 30.9 Å². The van der Waals surface area contributed by atoms with Crippen LogP contribution in [-0.2, 0) is 40.1 Å². The van der Waals surface area contributed by atoms with Crippen molar-refractivity contribution in [2.24, 2.45) is 0 Å². The molecule has 10 heteroatoms. The van der Waals surface area contributed by atoms with Crippen molar-refractivity contribution in [3.8, 4) is 23.0 Å². The number of rotatable bonds is 10. The van der Waals surface area contributed by atoms with Gasteiger partial charge in [0.15, 0.2) is 11.5 Å². The zero-order chi connectivity index (χ0) is 35.2. The Bertz CT molecular complexity index is 1740. The molecule has 1 saturated heterocycles. The summed E-state index contributed by atoms with van der Waals surface area (Å²) in [5.41, 5.74) is 5.53. The van der Waals surface area contributed by atoms with E-state index in [2.05, 4.69) is 6.92 Å². The van der Waals surface area contributed by atoms with Crippen molar-refractivity contribution in [3.05, 3.63) is 81.4 Å². The van der Waals surface area contributed by atoms with Crippen LogP contribution in [0.5, 0.6) is 23.0 Å². The van der Waals surface area contributed by atoms with Gasteiger partial charge in [-0.1, -0.05) is 37.3 Å². The minimum absolute atomic E-state index is 0.158. The fourth-order valence-electron chi connectivity index (χ4n) is 8.43. The number of ether oxygens (including phenoxy) is 6.